The number of carbonyl (C=O) groups excluding carboxylic acids is 1. The standard InChI is InChI=1S/C17H20N2O3/c1-19-11-6-13(7-12(19)10-21-9-11)22-17(20)15-8-18-16-5-3-2-4-14(15)16/h2-5,8,11-13,18H,6-7,9-10H2,1H3. The molecule has 2 atom stereocenters. The molecule has 2 aliphatic rings. The van der Waals surface area contributed by atoms with Gasteiger partial charge in [0, 0.05) is 42.0 Å². The van der Waals surface area contributed by atoms with Crippen LogP contribution in [0.15, 0.2) is 30.5 Å². The normalized spacial score (nSPS) is 28.7. The molecule has 2 unspecified atom stereocenters. The molecule has 4 rings (SSSR count). The molecular formula is C17H20N2O3. The molecule has 2 aliphatic heterocycles. The van der Waals surface area contributed by atoms with E-state index in [2.05, 4.69) is 16.9 Å². The monoisotopic (exact) mass is 300 g/mol. The molecule has 1 N–H and O–H groups in total. The Bertz CT molecular complexity index is 682. The number of nitrogens with one attached hydrogen (secondary N) is 1. The number of fused-ring (bicyclic) bond motifs is 3. The van der Waals surface area contributed by atoms with Crippen LogP contribution in [0.4, 0.5) is 0 Å². The van der Waals surface area contributed by atoms with Gasteiger partial charge in [-0.1, -0.05) is 18.2 Å². The van der Waals surface area contributed by atoms with Gasteiger partial charge in [-0.15, -0.1) is 0 Å². The largest absolute Gasteiger partial charge is 0.459 e. The molecule has 0 radical (unpaired) electrons. The second-order valence-electron chi connectivity index (χ2n) is 6.26. The molecule has 116 valence electrons. The number of piperidine rings is 1. The highest BCUT2D eigenvalue weighted by Gasteiger charge is 2.38. The molecule has 1 aromatic carbocycles. The maximum Gasteiger partial charge on any atom is 0.340 e. The minimum absolute atomic E-state index is 0.0173. The van der Waals surface area contributed by atoms with E-state index < -0.39 is 0 Å². The molecule has 5 nitrogen and oxygen atoms in total. The van der Waals surface area contributed by atoms with Gasteiger partial charge in [-0.2, -0.15) is 0 Å². The van der Waals surface area contributed by atoms with Crippen molar-refractivity contribution in [2.75, 3.05) is 20.3 Å². The lowest BCUT2D eigenvalue weighted by molar-refractivity contribution is -0.0970. The van der Waals surface area contributed by atoms with Gasteiger partial charge < -0.3 is 14.5 Å². The van der Waals surface area contributed by atoms with Crippen LogP contribution in [0.3, 0.4) is 0 Å². The van der Waals surface area contributed by atoms with E-state index in [4.69, 9.17) is 9.47 Å². The average Bonchev–Trinajstić information content (AvgIpc) is 2.92. The zero-order chi connectivity index (χ0) is 15.1. The van der Waals surface area contributed by atoms with Crippen LogP contribution < -0.4 is 0 Å². The van der Waals surface area contributed by atoms with Gasteiger partial charge in [-0.05, 0) is 13.1 Å². The SMILES string of the molecule is CN1C2COCC1CC(OC(=O)c1c[nH]c3ccccc13)C2. The highest BCUT2D eigenvalue weighted by molar-refractivity contribution is 6.04. The summed E-state index contributed by atoms with van der Waals surface area (Å²) in [6, 6.07) is 8.50. The van der Waals surface area contributed by atoms with Gasteiger partial charge in [-0.3, -0.25) is 4.90 Å². The number of morpholine rings is 1. The second kappa shape index (κ2) is 5.41. The molecule has 22 heavy (non-hydrogen) atoms. The van der Waals surface area contributed by atoms with Crippen molar-refractivity contribution >= 4 is 16.9 Å². The number of hydrogen-bond acceptors (Lipinski definition) is 4. The number of benzene rings is 1. The van der Waals surface area contributed by atoms with Gasteiger partial charge in [0.1, 0.15) is 6.10 Å². The maximum atomic E-state index is 12.5. The summed E-state index contributed by atoms with van der Waals surface area (Å²) in [7, 11) is 2.13. The Labute approximate surface area is 129 Å². The van der Waals surface area contributed by atoms with E-state index in [1.54, 1.807) is 6.20 Å². The fourth-order valence-corrected chi connectivity index (χ4v) is 3.60. The highest BCUT2D eigenvalue weighted by atomic mass is 16.5. The van der Waals surface area contributed by atoms with Crippen LogP contribution in [-0.2, 0) is 9.47 Å². The third-order valence-electron chi connectivity index (χ3n) is 4.93. The number of ether oxygens (including phenoxy) is 2. The quantitative estimate of drug-likeness (QED) is 0.864. The number of hydrogen-bond donors (Lipinski definition) is 1. The smallest absolute Gasteiger partial charge is 0.340 e. The van der Waals surface area contributed by atoms with Gasteiger partial charge in [-0.25, -0.2) is 4.79 Å². The van der Waals surface area contributed by atoms with Crippen molar-refractivity contribution in [2.24, 2.45) is 0 Å². The summed E-state index contributed by atoms with van der Waals surface area (Å²) in [5.74, 6) is -0.231. The molecule has 5 heteroatoms. The predicted octanol–water partition coefficient (Wildman–Crippen LogP) is 2.19. The third-order valence-corrected chi connectivity index (χ3v) is 4.93. The van der Waals surface area contributed by atoms with Crippen LogP contribution >= 0.6 is 0 Å². The molecule has 2 bridgehead atoms. The summed E-state index contributed by atoms with van der Waals surface area (Å²) in [4.78, 5) is 18.0. The lowest BCUT2D eigenvalue weighted by atomic mass is 9.92. The Morgan fingerprint density at radius 2 is 2.00 bits per heavy atom. The molecule has 0 aliphatic carbocycles. The molecule has 0 amide bonds. The number of para-hydroxylation sites is 1. The van der Waals surface area contributed by atoms with Crippen LogP contribution in [0.25, 0.3) is 10.9 Å². The summed E-state index contributed by atoms with van der Waals surface area (Å²) in [6.45, 7) is 1.46. The Morgan fingerprint density at radius 1 is 1.27 bits per heavy atom. The first-order valence-corrected chi connectivity index (χ1v) is 7.79. The fraction of sp³-hybridized carbons (Fsp3) is 0.471. The molecule has 1 aromatic heterocycles. The van der Waals surface area contributed by atoms with Crippen molar-refractivity contribution in [3.05, 3.63) is 36.0 Å². The summed E-state index contributed by atoms with van der Waals surface area (Å²) in [6.07, 6.45) is 3.42. The Balaban J connectivity index is 1.50. The first-order chi connectivity index (χ1) is 10.7. The minimum atomic E-state index is -0.231. The number of carbonyl (C=O) groups is 1. The first-order valence-electron chi connectivity index (χ1n) is 7.79. The van der Waals surface area contributed by atoms with Crippen molar-refractivity contribution in [2.45, 2.75) is 31.0 Å². The number of nitrogens with zero attached hydrogens (tertiary/aromatic N) is 1. The highest BCUT2D eigenvalue weighted by Crippen LogP contribution is 2.29. The molecule has 2 aromatic rings. The Kier molecular flexibility index (Phi) is 3.39. The van der Waals surface area contributed by atoms with Gasteiger partial charge in [0.15, 0.2) is 0 Å². The van der Waals surface area contributed by atoms with Crippen molar-refractivity contribution < 1.29 is 14.3 Å². The topological polar surface area (TPSA) is 54.6 Å². The Morgan fingerprint density at radius 3 is 2.77 bits per heavy atom. The van der Waals surface area contributed by atoms with Crippen molar-refractivity contribution in [1.29, 1.82) is 0 Å². The van der Waals surface area contributed by atoms with Gasteiger partial charge in [0.05, 0.1) is 18.8 Å². The number of aromatic amines is 1. The van der Waals surface area contributed by atoms with Crippen molar-refractivity contribution in [3.8, 4) is 0 Å². The number of esters is 1. The maximum absolute atomic E-state index is 12.5. The zero-order valence-corrected chi connectivity index (χ0v) is 12.6. The number of H-pyrrole nitrogens is 1. The zero-order valence-electron chi connectivity index (χ0n) is 12.6. The van der Waals surface area contributed by atoms with E-state index in [1.165, 1.54) is 0 Å². The van der Waals surface area contributed by atoms with E-state index >= 15 is 0 Å². The van der Waals surface area contributed by atoms with Crippen LogP contribution in [-0.4, -0.2) is 54.3 Å². The number of likely N-dealkylation sites (N-methyl/N-ethyl adjacent to an activating group) is 1. The number of aromatic nitrogens is 1. The summed E-state index contributed by atoms with van der Waals surface area (Å²) >= 11 is 0. The van der Waals surface area contributed by atoms with Gasteiger partial charge >= 0.3 is 5.97 Å². The molecule has 0 spiro atoms. The summed E-state index contributed by atoms with van der Waals surface area (Å²) < 4.78 is 11.4. The van der Waals surface area contributed by atoms with Gasteiger partial charge in [0.2, 0.25) is 0 Å². The van der Waals surface area contributed by atoms with Crippen LogP contribution in [0, 0.1) is 0 Å². The minimum Gasteiger partial charge on any atom is -0.459 e. The van der Waals surface area contributed by atoms with Crippen LogP contribution in [0.1, 0.15) is 23.2 Å². The number of rotatable bonds is 2. The molecule has 3 heterocycles. The van der Waals surface area contributed by atoms with Crippen LogP contribution in [0.5, 0.6) is 0 Å². The summed E-state index contributed by atoms with van der Waals surface area (Å²) in [5, 5.41) is 0.920. The first kappa shape index (κ1) is 13.8. The molecule has 2 fully saturated rings. The van der Waals surface area contributed by atoms with Crippen LogP contribution in [0.2, 0.25) is 0 Å². The predicted molar refractivity (Wildman–Crippen MR) is 82.9 cm³/mol. The van der Waals surface area contributed by atoms with E-state index in [9.17, 15) is 4.79 Å². The molecule has 2 saturated heterocycles. The summed E-state index contributed by atoms with van der Waals surface area (Å²) in [5.41, 5.74) is 1.58. The van der Waals surface area contributed by atoms with Gasteiger partial charge in [0.25, 0.3) is 0 Å². The molecule has 0 saturated carbocycles. The van der Waals surface area contributed by atoms with E-state index in [-0.39, 0.29) is 12.1 Å². The second-order valence-corrected chi connectivity index (χ2v) is 6.26. The lowest BCUT2D eigenvalue weighted by Crippen LogP contribution is -2.56. The average molecular weight is 300 g/mol. The Hall–Kier alpha value is -1.85. The van der Waals surface area contributed by atoms with E-state index in [0.717, 1.165) is 37.0 Å². The van der Waals surface area contributed by atoms with E-state index in [0.29, 0.717) is 17.6 Å². The fourth-order valence-electron chi connectivity index (χ4n) is 3.60. The third kappa shape index (κ3) is 2.30. The lowest BCUT2D eigenvalue weighted by Gasteiger charge is -2.46. The van der Waals surface area contributed by atoms with Crippen molar-refractivity contribution in [3.63, 3.8) is 0 Å². The molecular weight excluding hydrogens is 280 g/mol. The van der Waals surface area contributed by atoms with E-state index in [1.807, 2.05) is 24.3 Å². The van der Waals surface area contributed by atoms with Crippen molar-refractivity contribution in [1.82, 2.24) is 9.88 Å².